The standard InChI is InChI=1S/C20H18N4O3S2/c1-20(18(26)23-19(27)24-20)12-5-4-6-13(9-12)21-16(25)10-28-11-17-22-14-7-2-3-8-15(14)29-17/h2-9H,10-11H2,1H3,(H,21,25)(H2,23,24,26,27)/t20-/m1/s1. The van der Waals surface area contributed by atoms with Gasteiger partial charge in [-0.15, -0.1) is 23.1 Å². The Balaban J connectivity index is 1.35. The summed E-state index contributed by atoms with van der Waals surface area (Å²) in [5.41, 5.74) is 0.995. The topological polar surface area (TPSA) is 100 Å². The fourth-order valence-electron chi connectivity index (χ4n) is 3.06. The summed E-state index contributed by atoms with van der Waals surface area (Å²) in [6.45, 7) is 1.63. The maximum Gasteiger partial charge on any atom is 0.322 e. The van der Waals surface area contributed by atoms with Crippen molar-refractivity contribution < 1.29 is 14.4 Å². The van der Waals surface area contributed by atoms with Gasteiger partial charge in [-0.1, -0.05) is 24.3 Å². The van der Waals surface area contributed by atoms with Gasteiger partial charge in [0.15, 0.2) is 0 Å². The predicted octanol–water partition coefficient (Wildman–Crippen LogP) is 3.22. The summed E-state index contributed by atoms with van der Waals surface area (Å²) in [7, 11) is 0. The van der Waals surface area contributed by atoms with Crippen LogP contribution in [-0.4, -0.2) is 28.6 Å². The number of carbonyl (C=O) groups excluding carboxylic acids is 3. The summed E-state index contributed by atoms with van der Waals surface area (Å²) in [4.78, 5) is 40.4. The highest BCUT2D eigenvalue weighted by Gasteiger charge is 2.43. The molecule has 0 saturated carbocycles. The van der Waals surface area contributed by atoms with E-state index in [1.54, 1.807) is 42.5 Å². The van der Waals surface area contributed by atoms with Gasteiger partial charge >= 0.3 is 6.03 Å². The lowest BCUT2D eigenvalue weighted by atomic mass is 9.92. The van der Waals surface area contributed by atoms with Crippen molar-refractivity contribution in [3.05, 3.63) is 59.1 Å². The molecule has 7 nitrogen and oxygen atoms in total. The van der Waals surface area contributed by atoms with Crippen molar-refractivity contribution in [1.29, 1.82) is 0 Å². The molecular formula is C20H18N4O3S2. The van der Waals surface area contributed by atoms with Crippen molar-refractivity contribution in [2.75, 3.05) is 11.1 Å². The fraction of sp³-hybridized carbons (Fsp3) is 0.200. The molecule has 1 aliphatic rings. The number of thiazole rings is 1. The van der Waals surface area contributed by atoms with Crippen LogP contribution in [0.2, 0.25) is 0 Å². The van der Waals surface area contributed by atoms with E-state index >= 15 is 0 Å². The third kappa shape index (κ3) is 4.10. The minimum Gasteiger partial charge on any atom is -0.325 e. The Bertz CT molecular complexity index is 1080. The number of anilines is 1. The second-order valence-electron chi connectivity index (χ2n) is 6.73. The molecule has 29 heavy (non-hydrogen) atoms. The van der Waals surface area contributed by atoms with Gasteiger partial charge in [0.1, 0.15) is 10.5 Å². The monoisotopic (exact) mass is 426 g/mol. The smallest absolute Gasteiger partial charge is 0.322 e. The van der Waals surface area contributed by atoms with E-state index in [2.05, 4.69) is 20.9 Å². The number of benzene rings is 2. The molecule has 1 saturated heterocycles. The quantitative estimate of drug-likeness (QED) is 0.526. The van der Waals surface area contributed by atoms with Crippen molar-refractivity contribution in [3.63, 3.8) is 0 Å². The molecule has 2 aromatic carbocycles. The summed E-state index contributed by atoms with van der Waals surface area (Å²) in [6, 6.07) is 14.4. The molecule has 4 rings (SSSR count). The highest BCUT2D eigenvalue weighted by atomic mass is 32.2. The van der Waals surface area contributed by atoms with Gasteiger partial charge in [-0.25, -0.2) is 9.78 Å². The van der Waals surface area contributed by atoms with E-state index < -0.39 is 17.5 Å². The molecule has 9 heteroatoms. The highest BCUT2D eigenvalue weighted by Crippen LogP contribution is 2.27. The first-order valence-electron chi connectivity index (χ1n) is 8.90. The molecule has 3 N–H and O–H groups in total. The van der Waals surface area contributed by atoms with E-state index in [0.29, 0.717) is 17.0 Å². The minimum atomic E-state index is -1.15. The number of imide groups is 1. The van der Waals surface area contributed by atoms with E-state index in [-0.39, 0.29) is 11.7 Å². The van der Waals surface area contributed by atoms with E-state index in [4.69, 9.17) is 0 Å². The zero-order chi connectivity index (χ0) is 20.4. The number of rotatable bonds is 6. The largest absolute Gasteiger partial charge is 0.325 e. The molecule has 0 unspecified atom stereocenters. The summed E-state index contributed by atoms with van der Waals surface area (Å²) < 4.78 is 1.14. The average molecular weight is 427 g/mol. The number of nitrogens with zero attached hydrogens (tertiary/aromatic N) is 1. The average Bonchev–Trinajstić information content (AvgIpc) is 3.22. The molecule has 1 aromatic heterocycles. The predicted molar refractivity (Wildman–Crippen MR) is 115 cm³/mol. The summed E-state index contributed by atoms with van der Waals surface area (Å²) in [5.74, 6) is 0.391. The van der Waals surface area contributed by atoms with Gasteiger partial charge < -0.3 is 10.6 Å². The van der Waals surface area contributed by atoms with Crippen LogP contribution in [0.4, 0.5) is 10.5 Å². The first-order valence-corrected chi connectivity index (χ1v) is 10.9. The van der Waals surface area contributed by atoms with Gasteiger partial charge in [0.05, 0.1) is 16.0 Å². The first kappa shape index (κ1) is 19.4. The number of thioether (sulfide) groups is 1. The normalized spacial score (nSPS) is 18.5. The van der Waals surface area contributed by atoms with Gasteiger partial charge in [-0.05, 0) is 36.8 Å². The van der Waals surface area contributed by atoms with Crippen LogP contribution in [0, 0.1) is 0 Å². The van der Waals surface area contributed by atoms with Crippen molar-refractivity contribution in [1.82, 2.24) is 15.6 Å². The van der Waals surface area contributed by atoms with E-state index in [1.807, 2.05) is 24.3 Å². The van der Waals surface area contributed by atoms with E-state index in [1.165, 1.54) is 11.8 Å². The SMILES string of the molecule is C[C@]1(c2cccc(NC(=O)CSCc3nc4ccccc4s3)c2)NC(=O)NC1=O. The second kappa shape index (κ2) is 7.84. The molecule has 0 bridgehead atoms. The molecule has 3 aromatic rings. The first-order chi connectivity index (χ1) is 13.9. The maximum atomic E-state index is 12.3. The number of amides is 4. The Morgan fingerprint density at radius 1 is 1.21 bits per heavy atom. The lowest BCUT2D eigenvalue weighted by Crippen LogP contribution is -2.40. The van der Waals surface area contributed by atoms with E-state index in [0.717, 1.165) is 15.2 Å². The number of para-hydroxylation sites is 1. The number of hydrogen-bond acceptors (Lipinski definition) is 6. The van der Waals surface area contributed by atoms with Crippen molar-refractivity contribution in [3.8, 4) is 0 Å². The van der Waals surface area contributed by atoms with Crippen LogP contribution in [-0.2, 0) is 20.9 Å². The number of hydrogen-bond donors (Lipinski definition) is 3. The van der Waals surface area contributed by atoms with Gasteiger partial charge in [0, 0.05) is 11.4 Å². The zero-order valence-electron chi connectivity index (χ0n) is 15.5. The lowest BCUT2D eigenvalue weighted by Gasteiger charge is -2.21. The third-order valence-electron chi connectivity index (χ3n) is 4.57. The molecule has 1 aliphatic heterocycles. The molecule has 4 amide bonds. The molecule has 0 aliphatic carbocycles. The zero-order valence-corrected chi connectivity index (χ0v) is 17.2. The molecule has 1 fully saturated rings. The van der Waals surface area contributed by atoms with Gasteiger partial charge in [-0.2, -0.15) is 0 Å². The Labute approximate surface area is 175 Å². The number of aromatic nitrogens is 1. The maximum absolute atomic E-state index is 12.3. The Morgan fingerprint density at radius 2 is 2.03 bits per heavy atom. The van der Waals surface area contributed by atoms with Crippen LogP contribution in [0.3, 0.4) is 0 Å². The Hall–Kier alpha value is -2.91. The fourth-order valence-corrected chi connectivity index (χ4v) is 4.91. The van der Waals surface area contributed by atoms with Crippen LogP contribution in [0.1, 0.15) is 17.5 Å². The van der Waals surface area contributed by atoms with Gasteiger partial charge in [-0.3, -0.25) is 14.9 Å². The van der Waals surface area contributed by atoms with Crippen LogP contribution >= 0.6 is 23.1 Å². The molecule has 0 spiro atoms. The number of carbonyl (C=O) groups is 3. The summed E-state index contributed by atoms with van der Waals surface area (Å²) in [5, 5.41) is 8.68. The summed E-state index contributed by atoms with van der Waals surface area (Å²) >= 11 is 3.13. The molecule has 0 radical (unpaired) electrons. The Kier molecular flexibility index (Phi) is 5.25. The van der Waals surface area contributed by atoms with Crippen LogP contribution in [0.25, 0.3) is 10.2 Å². The number of fused-ring (bicyclic) bond motifs is 1. The van der Waals surface area contributed by atoms with Crippen molar-refractivity contribution >= 4 is 56.8 Å². The van der Waals surface area contributed by atoms with Gasteiger partial charge in [0.2, 0.25) is 5.91 Å². The number of urea groups is 1. The molecule has 1 atom stereocenters. The van der Waals surface area contributed by atoms with Crippen LogP contribution in [0.15, 0.2) is 48.5 Å². The minimum absolute atomic E-state index is 0.140. The second-order valence-corrected chi connectivity index (χ2v) is 8.83. The van der Waals surface area contributed by atoms with Crippen molar-refractivity contribution in [2.24, 2.45) is 0 Å². The number of nitrogens with one attached hydrogen (secondary N) is 3. The van der Waals surface area contributed by atoms with Crippen LogP contribution < -0.4 is 16.0 Å². The van der Waals surface area contributed by atoms with E-state index in [9.17, 15) is 14.4 Å². The Morgan fingerprint density at radius 3 is 2.79 bits per heavy atom. The third-order valence-corrected chi connectivity index (χ3v) is 6.73. The molecule has 2 heterocycles. The van der Waals surface area contributed by atoms with Crippen LogP contribution in [0.5, 0.6) is 0 Å². The lowest BCUT2D eigenvalue weighted by molar-refractivity contribution is -0.123. The van der Waals surface area contributed by atoms with Crippen molar-refractivity contribution in [2.45, 2.75) is 18.2 Å². The molecule has 148 valence electrons. The van der Waals surface area contributed by atoms with Gasteiger partial charge in [0.25, 0.3) is 5.91 Å². The molecular weight excluding hydrogens is 408 g/mol. The summed E-state index contributed by atoms with van der Waals surface area (Å²) in [6.07, 6.45) is 0. The highest BCUT2D eigenvalue weighted by molar-refractivity contribution is 7.99.